The minimum absolute atomic E-state index is 0.213. The number of nitrogens with zero attached hydrogens (tertiary/aromatic N) is 4. The van der Waals surface area contributed by atoms with Crippen molar-refractivity contribution in [2.45, 2.75) is 45.4 Å². The molecule has 0 radical (unpaired) electrons. The molecule has 2 aromatic heterocycles. The molecule has 2 rings (SSSR count). The van der Waals surface area contributed by atoms with E-state index in [1.54, 1.807) is 6.20 Å². The fraction of sp³-hybridized carbons (Fsp3) is 0.615. The summed E-state index contributed by atoms with van der Waals surface area (Å²) in [5, 5.41) is 5.73. The molecule has 0 fully saturated rings. The summed E-state index contributed by atoms with van der Waals surface area (Å²) in [6, 6.07) is 0. The maximum atomic E-state index is 6.15. The predicted octanol–water partition coefficient (Wildman–Crippen LogP) is 3.50. The highest BCUT2D eigenvalue weighted by atomic mass is 35.5. The third-order valence-electron chi connectivity index (χ3n) is 3.96. The van der Waals surface area contributed by atoms with Crippen molar-refractivity contribution < 1.29 is 4.43 Å². The van der Waals surface area contributed by atoms with Gasteiger partial charge in [-0.15, -0.1) is 0 Å². The molecule has 0 atom stereocenters. The van der Waals surface area contributed by atoms with Crippen LogP contribution in [0.5, 0.6) is 0 Å². The topological polar surface area (TPSA) is 52.8 Å². The second-order valence-electron chi connectivity index (χ2n) is 6.38. The van der Waals surface area contributed by atoms with Crippen LogP contribution in [0.25, 0.3) is 11.0 Å². The molecule has 0 bridgehead atoms. The molecular weight excluding hydrogens is 292 g/mol. The summed E-state index contributed by atoms with van der Waals surface area (Å²) in [5.41, 5.74) is 0.754. The van der Waals surface area contributed by atoms with Gasteiger partial charge in [0.2, 0.25) is 0 Å². The van der Waals surface area contributed by atoms with E-state index in [-0.39, 0.29) is 5.04 Å². The highest BCUT2D eigenvalue weighted by molar-refractivity contribution is 6.74. The molecule has 5 nitrogen and oxygen atoms in total. The average Bonchev–Trinajstić information content (AvgIpc) is 2.72. The Bertz CT molecular complexity index is 606. The van der Waals surface area contributed by atoms with Gasteiger partial charge in [-0.25, -0.2) is 14.6 Å². The number of aromatic nitrogens is 4. The van der Waals surface area contributed by atoms with Gasteiger partial charge >= 0.3 is 0 Å². The Morgan fingerprint density at radius 1 is 1.30 bits per heavy atom. The molecule has 0 amide bonds. The maximum absolute atomic E-state index is 6.15. The SMILES string of the molecule is CC(C)(C)[Si](C)(C)OCCn1ncc2c(Cl)ncnc21. The largest absolute Gasteiger partial charge is 0.415 e. The van der Waals surface area contributed by atoms with Gasteiger partial charge in [0.15, 0.2) is 14.0 Å². The molecule has 0 saturated carbocycles. The second kappa shape index (κ2) is 5.42. The molecule has 2 heterocycles. The Labute approximate surface area is 125 Å². The van der Waals surface area contributed by atoms with E-state index in [2.05, 4.69) is 48.9 Å². The van der Waals surface area contributed by atoms with Crippen LogP contribution in [-0.4, -0.2) is 34.7 Å². The van der Waals surface area contributed by atoms with Gasteiger partial charge in [0.25, 0.3) is 0 Å². The van der Waals surface area contributed by atoms with E-state index in [0.29, 0.717) is 18.3 Å². The Morgan fingerprint density at radius 3 is 2.65 bits per heavy atom. The van der Waals surface area contributed by atoms with Crippen LogP contribution in [0.2, 0.25) is 23.3 Å². The highest BCUT2D eigenvalue weighted by Crippen LogP contribution is 2.36. The van der Waals surface area contributed by atoms with Crippen molar-refractivity contribution in [2.24, 2.45) is 0 Å². The van der Waals surface area contributed by atoms with Gasteiger partial charge in [-0.1, -0.05) is 32.4 Å². The van der Waals surface area contributed by atoms with Gasteiger partial charge < -0.3 is 4.43 Å². The first kappa shape index (κ1) is 15.4. The van der Waals surface area contributed by atoms with Gasteiger partial charge in [0.1, 0.15) is 11.5 Å². The summed E-state index contributed by atoms with van der Waals surface area (Å²) in [6.45, 7) is 12.5. The first-order valence-corrected chi connectivity index (χ1v) is 9.97. The van der Waals surface area contributed by atoms with Crippen LogP contribution in [0.3, 0.4) is 0 Å². The van der Waals surface area contributed by atoms with Gasteiger partial charge in [-0.3, -0.25) is 0 Å². The molecule has 0 aliphatic rings. The minimum Gasteiger partial charge on any atom is -0.415 e. The Morgan fingerprint density at radius 2 is 2.00 bits per heavy atom. The van der Waals surface area contributed by atoms with Crippen molar-refractivity contribution >= 4 is 31.0 Å². The lowest BCUT2D eigenvalue weighted by Gasteiger charge is -2.36. The monoisotopic (exact) mass is 312 g/mol. The van der Waals surface area contributed by atoms with E-state index in [0.717, 1.165) is 11.0 Å². The van der Waals surface area contributed by atoms with E-state index in [1.807, 2.05) is 4.68 Å². The molecular formula is C13H21ClN4OSi. The highest BCUT2D eigenvalue weighted by Gasteiger charge is 2.36. The summed E-state index contributed by atoms with van der Waals surface area (Å²) < 4.78 is 7.96. The number of hydrogen-bond donors (Lipinski definition) is 0. The molecule has 2 aromatic rings. The summed E-state index contributed by atoms with van der Waals surface area (Å²) in [4.78, 5) is 8.18. The number of hydrogen-bond acceptors (Lipinski definition) is 4. The smallest absolute Gasteiger partial charge is 0.192 e. The van der Waals surface area contributed by atoms with E-state index < -0.39 is 8.32 Å². The molecule has 0 aliphatic carbocycles. The quantitative estimate of drug-likeness (QED) is 0.640. The maximum Gasteiger partial charge on any atom is 0.192 e. The van der Waals surface area contributed by atoms with Crippen molar-refractivity contribution in [3.8, 4) is 0 Å². The van der Waals surface area contributed by atoms with E-state index in [9.17, 15) is 0 Å². The summed E-state index contributed by atoms with van der Waals surface area (Å²) >= 11 is 6.01. The summed E-state index contributed by atoms with van der Waals surface area (Å²) in [6.07, 6.45) is 3.15. The standard InChI is InChI=1S/C13H21ClN4OSi/c1-13(2,3)20(4,5)19-7-6-18-12-10(8-17-18)11(14)15-9-16-12/h8-9H,6-7H2,1-5H3. The molecule has 0 aromatic carbocycles. The van der Waals surface area contributed by atoms with Crippen LogP contribution in [0.15, 0.2) is 12.5 Å². The van der Waals surface area contributed by atoms with Crippen molar-refractivity contribution in [1.82, 2.24) is 19.7 Å². The zero-order chi connectivity index (χ0) is 15.0. The molecule has 110 valence electrons. The van der Waals surface area contributed by atoms with Gasteiger partial charge in [-0.2, -0.15) is 5.10 Å². The van der Waals surface area contributed by atoms with Crippen LogP contribution in [0, 0.1) is 0 Å². The van der Waals surface area contributed by atoms with Crippen LogP contribution in [0.4, 0.5) is 0 Å². The summed E-state index contributed by atoms with van der Waals surface area (Å²) in [5.74, 6) is 0. The Hall–Kier alpha value is -0.983. The zero-order valence-electron chi connectivity index (χ0n) is 12.6. The third kappa shape index (κ3) is 3.02. The number of fused-ring (bicyclic) bond motifs is 1. The minimum atomic E-state index is -1.72. The van der Waals surface area contributed by atoms with E-state index in [1.165, 1.54) is 6.33 Å². The molecule has 20 heavy (non-hydrogen) atoms. The fourth-order valence-corrected chi connectivity index (χ4v) is 2.84. The van der Waals surface area contributed by atoms with Crippen LogP contribution in [-0.2, 0) is 11.0 Å². The molecule has 0 saturated heterocycles. The lowest BCUT2D eigenvalue weighted by atomic mass is 10.2. The number of rotatable bonds is 4. The fourth-order valence-electron chi connectivity index (χ4n) is 1.63. The first-order chi connectivity index (χ1) is 9.22. The molecule has 7 heteroatoms. The Balaban J connectivity index is 2.06. The van der Waals surface area contributed by atoms with Crippen molar-refractivity contribution in [1.29, 1.82) is 0 Å². The molecule has 0 spiro atoms. The average molecular weight is 313 g/mol. The zero-order valence-corrected chi connectivity index (χ0v) is 14.4. The van der Waals surface area contributed by atoms with Crippen molar-refractivity contribution in [3.63, 3.8) is 0 Å². The van der Waals surface area contributed by atoms with Gasteiger partial charge in [0.05, 0.1) is 24.7 Å². The number of halogens is 1. The lowest BCUT2D eigenvalue weighted by molar-refractivity contribution is 0.267. The van der Waals surface area contributed by atoms with Crippen molar-refractivity contribution in [3.05, 3.63) is 17.7 Å². The second-order valence-corrected chi connectivity index (χ2v) is 11.5. The first-order valence-electron chi connectivity index (χ1n) is 6.68. The van der Waals surface area contributed by atoms with Crippen LogP contribution >= 0.6 is 11.6 Å². The third-order valence-corrected chi connectivity index (χ3v) is 8.80. The molecule has 0 N–H and O–H groups in total. The van der Waals surface area contributed by atoms with Crippen LogP contribution in [0.1, 0.15) is 20.8 Å². The predicted molar refractivity (Wildman–Crippen MR) is 83.5 cm³/mol. The molecule has 0 aliphatic heterocycles. The molecule has 0 unspecified atom stereocenters. The normalized spacial score (nSPS) is 13.1. The van der Waals surface area contributed by atoms with E-state index in [4.69, 9.17) is 16.0 Å². The van der Waals surface area contributed by atoms with Crippen LogP contribution < -0.4 is 0 Å². The lowest BCUT2D eigenvalue weighted by Crippen LogP contribution is -2.41. The van der Waals surface area contributed by atoms with Gasteiger partial charge in [0, 0.05) is 0 Å². The van der Waals surface area contributed by atoms with Gasteiger partial charge in [-0.05, 0) is 18.1 Å². The summed E-state index contributed by atoms with van der Waals surface area (Å²) in [7, 11) is -1.72. The van der Waals surface area contributed by atoms with E-state index >= 15 is 0 Å². The Kier molecular flexibility index (Phi) is 4.18. The van der Waals surface area contributed by atoms with Crippen molar-refractivity contribution in [2.75, 3.05) is 6.61 Å².